The molecule has 18 heavy (non-hydrogen) atoms. The van der Waals surface area contributed by atoms with Gasteiger partial charge in [-0.1, -0.05) is 24.3 Å². The van der Waals surface area contributed by atoms with Gasteiger partial charge in [-0.3, -0.25) is 4.79 Å². The number of benzene rings is 1. The van der Waals surface area contributed by atoms with Crippen molar-refractivity contribution >= 4 is 5.91 Å². The van der Waals surface area contributed by atoms with Crippen molar-refractivity contribution in [1.29, 1.82) is 0 Å². The molecule has 1 aromatic carbocycles. The molecule has 3 nitrogen and oxygen atoms in total. The van der Waals surface area contributed by atoms with E-state index in [0.717, 1.165) is 0 Å². The van der Waals surface area contributed by atoms with Crippen LogP contribution >= 0.6 is 0 Å². The third-order valence-electron chi connectivity index (χ3n) is 2.74. The van der Waals surface area contributed by atoms with Gasteiger partial charge in [-0.15, -0.1) is 0 Å². The zero-order chi connectivity index (χ0) is 13.8. The lowest BCUT2D eigenvalue weighted by Gasteiger charge is -2.22. The van der Waals surface area contributed by atoms with E-state index in [4.69, 9.17) is 0 Å². The van der Waals surface area contributed by atoms with Gasteiger partial charge < -0.3 is 10.6 Å². The van der Waals surface area contributed by atoms with E-state index in [1.807, 2.05) is 32.9 Å². The summed E-state index contributed by atoms with van der Waals surface area (Å²) >= 11 is 0. The van der Waals surface area contributed by atoms with Crippen molar-refractivity contribution in [3.63, 3.8) is 0 Å². The topological polar surface area (TPSA) is 41.1 Å². The Hall–Kier alpha value is -1.35. The van der Waals surface area contributed by atoms with Crippen molar-refractivity contribution in [2.24, 2.45) is 0 Å². The molecule has 0 saturated carbocycles. The lowest BCUT2D eigenvalue weighted by molar-refractivity contribution is -0.121. The highest BCUT2D eigenvalue weighted by atomic mass is 16.2. The van der Waals surface area contributed by atoms with E-state index in [2.05, 4.69) is 36.6 Å². The van der Waals surface area contributed by atoms with Crippen molar-refractivity contribution in [3.05, 3.63) is 35.4 Å². The lowest BCUT2D eigenvalue weighted by Crippen LogP contribution is -2.45. The molecule has 0 radical (unpaired) electrons. The van der Waals surface area contributed by atoms with Gasteiger partial charge in [0.2, 0.25) is 5.91 Å². The summed E-state index contributed by atoms with van der Waals surface area (Å²) < 4.78 is 0. The molecule has 0 heterocycles. The average molecular weight is 248 g/mol. The van der Waals surface area contributed by atoms with E-state index in [-0.39, 0.29) is 17.5 Å². The lowest BCUT2D eigenvalue weighted by atomic mass is 10.0. The van der Waals surface area contributed by atoms with E-state index in [9.17, 15) is 4.79 Å². The fourth-order valence-electron chi connectivity index (χ4n) is 1.89. The first-order valence-electron chi connectivity index (χ1n) is 6.39. The van der Waals surface area contributed by atoms with E-state index >= 15 is 0 Å². The predicted molar refractivity (Wildman–Crippen MR) is 75.5 cm³/mol. The van der Waals surface area contributed by atoms with Crippen LogP contribution in [0.1, 0.15) is 44.9 Å². The molecule has 0 aliphatic heterocycles. The van der Waals surface area contributed by atoms with Crippen LogP contribution in [-0.2, 0) is 4.79 Å². The zero-order valence-corrected chi connectivity index (χ0v) is 12.0. The number of nitrogens with one attached hydrogen (secondary N) is 2. The van der Waals surface area contributed by atoms with E-state index in [1.54, 1.807) is 0 Å². The molecule has 1 rings (SSSR count). The van der Waals surface area contributed by atoms with Gasteiger partial charge in [0.05, 0.1) is 6.54 Å². The molecule has 1 atom stereocenters. The Morgan fingerprint density at radius 3 is 2.44 bits per heavy atom. The Labute approximate surface area is 110 Å². The fraction of sp³-hybridized carbons (Fsp3) is 0.533. The first kappa shape index (κ1) is 14.7. The Morgan fingerprint density at radius 1 is 1.28 bits per heavy atom. The Balaban J connectivity index is 2.49. The third kappa shape index (κ3) is 4.88. The molecule has 0 bridgehead atoms. The highest BCUT2D eigenvalue weighted by molar-refractivity contribution is 5.78. The molecule has 1 amide bonds. The molecular formula is C15H24N2O. The summed E-state index contributed by atoms with van der Waals surface area (Å²) in [6, 6.07) is 8.40. The molecule has 3 heteroatoms. The Bertz CT molecular complexity index is 407. The fourth-order valence-corrected chi connectivity index (χ4v) is 1.89. The minimum absolute atomic E-state index is 0.0305. The van der Waals surface area contributed by atoms with Crippen LogP contribution in [0.3, 0.4) is 0 Å². The molecule has 100 valence electrons. The summed E-state index contributed by atoms with van der Waals surface area (Å²) in [4.78, 5) is 11.7. The second-order valence-corrected chi connectivity index (χ2v) is 5.76. The molecule has 2 N–H and O–H groups in total. The van der Waals surface area contributed by atoms with Crippen LogP contribution in [0, 0.1) is 6.92 Å². The minimum atomic E-state index is -0.176. The van der Waals surface area contributed by atoms with Crippen LogP contribution in [0.25, 0.3) is 0 Å². The number of hydrogen-bond donors (Lipinski definition) is 2. The Morgan fingerprint density at radius 2 is 1.89 bits per heavy atom. The standard InChI is InChI=1S/C15H24N2O/c1-11-8-6-7-9-13(11)12(2)16-10-14(18)17-15(3,4)5/h6-9,12,16H,10H2,1-5H3,(H,17,18)/t12-/m1/s1. The van der Waals surface area contributed by atoms with Gasteiger partial charge in [0.25, 0.3) is 0 Å². The van der Waals surface area contributed by atoms with Crippen LogP contribution in [0.15, 0.2) is 24.3 Å². The molecule has 1 aromatic rings. The maximum absolute atomic E-state index is 11.7. The molecule has 0 aliphatic rings. The van der Waals surface area contributed by atoms with Crippen LogP contribution in [0.2, 0.25) is 0 Å². The normalized spacial score (nSPS) is 13.2. The monoisotopic (exact) mass is 248 g/mol. The maximum Gasteiger partial charge on any atom is 0.234 e. The second kappa shape index (κ2) is 6.01. The summed E-state index contributed by atoms with van der Waals surface area (Å²) in [5, 5.41) is 6.19. The minimum Gasteiger partial charge on any atom is -0.350 e. The quantitative estimate of drug-likeness (QED) is 0.860. The number of rotatable bonds is 4. The first-order chi connectivity index (χ1) is 8.29. The number of amides is 1. The highest BCUT2D eigenvalue weighted by Gasteiger charge is 2.14. The van der Waals surface area contributed by atoms with Crippen molar-refractivity contribution < 1.29 is 4.79 Å². The molecule has 0 saturated heterocycles. The Kier molecular flexibility index (Phi) is 4.91. The average Bonchev–Trinajstić information content (AvgIpc) is 2.24. The second-order valence-electron chi connectivity index (χ2n) is 5.76. The van der Waals surface area contributed by atoms with Crippen molar-refractivity contribution in [1.82, 2.24) is 10.6 Å². The maximum atomic E-state index is 11.7. The number of aryl methyl sites for hydroxylation is 1. The predicted octanol–water partition coefficient (Wildman–Crippen LogP) is 2.56. The zero-order valence-electron chi connectivity index (χ0n) is 12.0. The van der Waals surface area contributed by atoms with Crippen molar-refractivity contribution in [2.75, 3.05) is 6.54 Å². The summed E-state index contributed by atoms with van der Waals surface area (Å²) in [7, 11) is 0. The van der Waals surface area contributed by atoms with Crippen LogP contribution in [0.4, 0.5) is 0 Å². The molecule has 0 fully saturated rings. The van der Waals surface area contributed by atoms with Crippen molar-refractivity contribution in [3.8, 4) is 0 Å². The summed E-state index contributed by atoms with van der Waals surface area (Å²) in [6.45, 7) is 10.4. The van der Waals surface area contributed by atoms with E-state index in [1.165, 1.54) is 11.1 Å². The highest BCUT2D eigenvalue weighted by Crippen LogP contribution is 2.16. The van der Waals surface area contributed by atoms with Crippen LogP contribution in [-0.4, -0.2) is 18.0 Å². The van der Waals surface area contributed by atoms with Gasteiger partial charge in [-0.05, 0) is 45.7 Å². The molecular weight excluding hydrogens is 224 g/mol. The number of carbonyl (C=O) groups is 1. The molecule has 0 aliphatic carbocycles. The summed E-state index contributed by atoms with van der Waals surface area (Å²) in [5.74, 6) is 0.0305. The van der Waals surface area contributed by atoms with E-state index < -0.39 is 0 Å². The molecule has 0 spiro atoms. The SMILES string of the molecule is Cc1ccccc1[C@@H](C)NCC(=O)NC(C)(C)C. The largest absolute Gasteiger partial charge is 0.350 e. The molecule has 0 unspecified atom stereocenters. The van der Waals surface area contributed by atoms with E-state index in [0.29, 0.717) is 6.54 Å². The number of hydrogen-bond acceptors (Lipinski definition) is 2. The van der Waals surface area contributed by atoms with Gasteiger partial charge in [0.15, 0.2) is 0 Å². The summed E-state index contributed by atoms with van der Waals surface area (Å²) in [6.07, 6.45) is 0. The van der Waals surface area contributed by atoms with Crippen LogP contribution < -0.4 is 10.6 Å². The summed E-state index contributed by atoms with van der Waals surface area (Å²) in [5.41, 5.74) is 2.31. The smallest absolute Gasteiger partial charge is 0.234 e. The first-order valence-corrected chi connectivity index (χ1v) is 6.39. The van der Waals surface area contributed by atoms with Gasteiger partial charge >= 0.3 is 0 Å². The number of carbonyl (C=O) groups excluding carboxylic acids is 1. The van der Waals surface area contributed by atoms with Gasteiger partial charge in [-0.25, -0.2) is 0 Å². The van der Waals surface area contributed by atoms with Crippen LogP contribution in [0.5, 0.6) is 0 Å². The molecule has 0 aromatic heterocycles. The van der Waals surface area contributed by atoms with Crippen molar-refractivity contribution in [2.45, 2.75) is 46.2 Å². The van der Waals surface area contributed by atoms with Gasteiger partial charge in [0.1, 0.15) is 0 Å². The third-order valence-corrected chi connectivity index (χ3v) is 2.74. The van der Waals surface area contributed by atoms with Gasteiger partial charge in [0, 0.05) is 11.6 Å². The van der Waals surface area contributed by atoms with Gasteiger partial charge in [-0.2, -0.15) is 0 Å².